The zero-order chi connectivity index (χ0) is 17.3. The van der Waals surface area contributed by atoms with Crippen LogP contribution in [-0.2, 0) is 11.3 Å². The van der Waals surface area contributed by atoms with Crippen LogP contribution in [0.25, 0.3) is 0 Å². The number of amides is 1. The van der Waals surface area contributed by atoms with E-state index >= 15 is 0 Å². The minimum Gasteiger partial charge on any atom is -0.351 e. The first-order chi connectivity index (χ1) is 11.5. The number of halogens is 2. The molecule has 6 heteroatoms. The average Bonchev–Trinajstić information content (AvgIpc) is 2.54. The van der Waals surface area contributed by atoms with Crippen molar-refractivity contribution in [2.45, 2.75) is 32.2 Å². The van der Waals surface area contributed by atoms with Gasteiger partial charge in [-0.05, 0) is 48.2 Å². The van der Waals surface area contributed by atoms with Crippen LogP contribution in [0.15, 0.2) is 30.5 Å². The van der Waals surface area contributed by atoms with Gasteiger partial charge >= 0.3 is 0 Å². The molecule has 1 N–H and O–H groups in total. The van der Waals surface area contributed by atoms with Gasteiger partial charge in [-0.25, -0.2) is 0 Å². The molecule has 1 amide bonds. The molecule has 1 aliphatic carbocycles. The molecule has 24 heavy (non-hydrogen) atoms. The fourth-order valence-corrected chi connectivity index (χ4v) is 3.67. The highest BCUT2D eigenvalue weighted by atomic mass is 35.5. The number of fused-ring (bicyclic) bond motifs is 1. The minimum absolute atomic E-state index is 0.00811. The smallest absolute Gasteiger partial charge is 0.227 e. The molecule has 0 saturated heterocycles. The number of rotatable bonds is 3. The second-order valence-corrected chi connectivity index (χ2v) is 6.70. The molecule has 1 heterocycles. The molecule has 0 spiro atoms. The van der Waals surface area contributed by atoms with Crippen LogP contribution in [0.1, 0.15) is 45.9 Å². The van der Waals surface area contributed by atoms with E-state index in [1.54, 1.807) is 24.4 Å². The molecule has 2 aromatic rings. The number of hydrogen-bond acceptors (Lipinski definition) is 3. The van der Waals surface area contributed by atoms with Gasteiger partial charge in [-0.2, -0.15) is 0 Å². The fraction of sp³-hybridized carbons (Fsp3) is 0.278. The Kier molecular flexibility index (Phi) is 4.88. The van der Waals surface area contributed by atoms with Gasteiger partial charge in [0.2, 0.25) is 5.91 Å². The zero-order valence-corrected chi connectivity index (χ0v) is 14.6. The van der Waals surface area contributed by atoms with Gasteiger partial charge in [0.05, 0.1) is 5.92 Å². The molecule has 3 rings (SSSR count). The van der Waals surface area contributed by atoms with Gasteiger partial charge in [-0.15, -0.1) is 0 Å². The Morgan fingerprint density at radius 1 is 1.38 bits per heavy atom. The molecule has 0 radical (unpaired) electrons. The lowest BCUT2D eigenvalue weighted by molar-refractivity contribution is -0.122. The van der Waals surface area contributed by atoms with Crippen LogP contribution in [-0.4, -0.2) is 16.7 Å². The summed E-state index contributed by atoms with van der Waals surface area (Å²) < 4.78 is 0. The van der Waals surface area contributed by atoms with Crippen molar-refractivity contribution in [3.63, 3.8) is 0 Å². The lowest BCUT2D eigenvalue weighted by atomic mass is 9.84. The molecule has 124 valence electrons. The Hall–Kier alpha value is -1.91. The van der Waals surface area contributed by atoms with Gasteiger partial charge in [-0.1, -0.05) is 29.3 Å². The Morgan fingerprint density at radius 2 is 2.17 bits per heavy atom. The second-order valence-electron chi connectivity index (χ2n) is 5.86. The normalized spacial score (nSPS) is 16.6. The maximum atomic E-state index is 12.6. The number of nitrogens with one attached hydrogen (secondary N) is 1. The summed E-state index contributed by atoms with van der Waals surface area (Å²) in [4.78, 5) is 28.7. The summed E-state index contributed by atoms with van der Waals surface area (Å²) in [7, 11) is 0. The molecule has 0 aliphatic heterocycles. The van der Waals surface area contributed by atoms with Crippen molar-refractivity contribution >= 4 is 34.9 Å². The van der Waals surface area contributed by atoms with E-state index in [-0.39, 0.29) is 17.6 Å². The molecule has 1 atom stereocenters. The minimum atomic E-state index is -0.363. The van der Waals surface area contributed by atoms with Crippen molar-refractivity contribution in [3.05, 3.63) is 62.9 Å². The highest BCUT2D eigenvalue weighted by Crippen LogP contribution is 2.31. The molecular weight excluding hydrogens is 347 g/mol. The number of nitrogens with zero attached hydrogens (tertiary/aromatic N) is 1. The van der Waals surface area contributed by atoms with Crippen LogP contribution >= 0.6 is 23.2 Å². The first-order valence-electron chi connectivity index (χ1n) is 7.67. The van der Waals surface area contributed by atoms with Crippen molar-refractivity contribution in [1.29, 1.82) is 0 Å². The van der Waals surface area contributed by atoms with E-state index in [1.165, 1.54) is 0 Å². The lowest BCUT2D eigenvalue weighted by Crippen LogP contribution is -2.32. The summed E-state index contributed by atoms with van der Waals surface area (Å²) in [5.74, 6) is -0.494. The third kappa shape index (κ3) is 3.30. The molecule has 1 unspecified atom stereocenters. The van der Waals surface area contributed by atoms with E-state index in [9.17, 15) is 9.59 Å². The Labute approximate surface area is 150 Å². The molecular formula is C18H16Cl2N2O2. The van der Waals surface area contributed by atoms with Crippen LogP contribution in [0.4, 0.5) is 0 Å². The van der Waals surface area contributed by atoms with Crippen molar-refractivity contribution in [2.75, 3.05) is 0 Å². The van der Waals surface area contributed by atoms with Crippen molar-refractivity contribution in [3.8, 4) is 0 Å². The summed E-state index contributed by atoms with van der Waals surface area (Å²) in [5.41, 5.74) is 2.87. The first-order valence-corrected chi connectivity index (χ1v) is 8.43. The summed E-state index contributed by atoms with van der Waals surface area (Å²) >= 11 is 12.2. The quantitative estimate of drug-likeness (QED) is 0.894. The van der Waals surface area contributed by atoms with Gasteiger partial charge in [0, 0.05) is 29.2 Å². The number of Topliss-reactive ketones (excluding diaryl/α,β-unsaturated/α-hetero) is 1. The number of aryl methyl sites for hydroxylation is 1. The molecule has 0 bridgehead atoms. The number of benzene rings is 1. The SMILES string of the molecule is Cc1cc(Cl)cc(Cl)c1CNC(=O)C1CCC(=O)c2ncccc21. The number of hydrogen-bond donors (Lipinski definition) is 1. The van der Waals surface area contributed by atoms with E-state index in [1.807, 2.05) is 13.0 Å². The predicted molar refractivity (Wildman–Crippen MR) is 93.6 cm³/mol. The summed E-state index contributed by atoms with van der Waals surface area (Å²) in [5, 5.41) is 4.02. The van der Waals surface area contributed by atoms with Crippen molar-refractivity contribution in [1.82, 2.24) is 10.3 Å². The Bertz CT molecular complexity index is 797. The van der Waals surface area contributed by atoms with E-state index in [0.717, 1.165) is 11.1 Å². The number of pyridine rings is 1. The lowest BCUT2D eigenvalue weighted by Gasteiger charge is -2.23. The third-order valence-corrected chi connectivity index (χ3v) is 4.83. The standard InChI is InChI=1S/C18H16Cl2N2O2/c1-10-7-11(19)8-15(20)14(10)9-22-18(24)13-4-5-16(23)17-12(13)3-2-6-21-17/h2-3,6-8,13H,4-5,9H2,1H3,(H,22,24). The van der Waals surface area contributed by atoms with Crippen molar-refractivity contribution < 1.29 is 9.59 Å². The van der Waals surface area contributed by atoms with Crippen LogP contribution < -0.4 is 5.32 Å². The fourth-order valence-electron chi connectivity index (χ4n) is 3.01. The van der Waals surface area contributed by atoms with Gasteiger partial charge in [0.25, 0.3) is 0 Å². The maximum Gasteiger partial charge on any atom is 0.227 e. The maximum absolute atomic E-state index is 12.6. The van der Waals surface area contributed by atoms with Gasteiger partial charge < -0.3 is 5.32 Å². The summed E-state index contributed by atoms with van der Waals surface area (Å²) in [6.45, 7) is 2.22. The predicted octanol–water partition coefficient (Wildman–Crippen LogP) is 4.07. The van der Waals surface area contributed by atoms with E-state index in [2.05, 4.69) is 10.3 Å². The average molecular weight is 363 g/mol. The topological polar surface area (TPSA) is 59.1 Å². The number of aromatic nitrogens is 1. The van der Waals surface area contributed by atoms with Crippen LogP contribution in [0.5, 0.6) is 0 Å². The summed E-state index contributed by atoms with van der Waals surface area (Å²) in [6, 6.07) is 7.02. The van der Waals surface area contributed by atoms with Crippen LogP contribution in [0.3, 0.4) is 0 Å². The van der Waals surface area contributed by atoms with Crippen molar-refractivity contribution in [2.24, 2.45) is 0 Å². The molecule has 1 aliphatic rings. The molecule has 4 nitrogen and oxygen atoms in total. The number of carbonyl (C=O) groups is 2. The van der Waals surface area contributed by atoms with E-state index < -0.39 is 0 Å². The van der Waals surface area contributed by atoms with Gasteiger partial charge in [0.15, 0.2) is 5.78 Å². The van der Waals surface area contributed by atoms with Gasteiger partial charge in [0.1, 0.15) is 5.69 Å². The third-order valence-electron chi connectivity index (χ3n) is 4.28. The van der Waals surface area contributed by atoms with Gasteiger partial charge in [-0.3, -0.25) is 14.6 Å². The number of carbonyl (C=O) groups excluding carboxylic acids is 2. The van der Waals surface area contributed by atoms with E-state index in [4.69, 9.17) is 23.2 Å². The highest BCUT2D eigenvalue weighted by Gasteiger charge is 2.31. The molecule has 1 aromatic carbocycles. The Morgan fingerprint density at radius 3 is 2.92 bits per heavy atom. The largest absolute Gasteiger partial charge is 0.351 e. The molecule has 1 aromatic heterocycles. The first kappa shape index (κ1) is 16.9. The Balaban J connectivity index is 1.77. The second kappa shape index (κ2) is 6.91. The molecule has 0 fully saturated rings. The number of ketones is 1. The zero-order valence-electron chi connectivity index (χ0n) is 13.1. The van der Waals surface area contributed by atoms with Crippen LogP contribution in [0, 0.1) is 6.92 Å². The van der Waals surface area contributed by atoms with Crippen LogP contribution in [0.2, 0.25) is 10.0 Å². The summed E-state index contributed by atoms with van der Waals surface area (Å²) in [6.07, 6.45) is 2.41. The highest BCUT2D eigenvalue weighted by molar-refractivity contribution is 6.35. The van der Waals surface area contributed by atoms with E-state index in [0.29, 0.717) is 40.7 Å². The molecule has 0 saturated carbocycles. The monoisotopic (exact) mass is 362 g/mol.